The molecular formula is C15H24N4O. The molecule has 1 aliphatic rings. The highest BCUT2D eigenvalue weighted by molar-refractivity contribution is 5.92. The van der Waals surface area contributed by atoms with Crippen LogP contribution in [-0.4, -0.2) is 39.4 Å². The van der Waals surface area contributed by atoms with Gasteiger partial charge >= 0.3 is 0 Å². The zero-order valence-electron chi connectivity index (χ0n) is 12.8. The summed E-state index contributed by atoms with van der Waals surface area (Å²) in [6.45, 7) is 9.96. The van der Waals surface area contributed by atoms with E-state index in [1.807, 2.05) is 25.7 Å². The summed E-state index contributed by atoms with van der Waals surface area (Å²) in [5.74, 6) is 1.09. The van der Waals surface area contributed by atoms with Gasteiger partial charge in [0.2, 0.25) is 5.95 Å². The van der Waals surface area contributed by atoms with Crippen molar-refractivity contribution in [3.05, 3.63) is 18.0 Å². The predicted molar refractivity (Wildman–Crippen MR) is 79.7 cm³/mol. The van der Waals surface area contributed by atoms with E-state index in [9.17, 15) is 4.79 Å². The van der Waals surface area contributed by atoms with Crippen LogP contribution in [0.4, 0.5) is 5.95 Å². The first-order valence-corrected chi connectivity index (χ1v) is 7.26. The van der Waals surface area contributed by atoms with Crippen LogP contribution in [0.2, 0.25) is 0 Å². The molecule has 0 bridgehead atoms. The van der Waals surface area contributed by atoms with E-state index in [4.69, 9.17) is 0 Å². The van der Waals surface area contributed by atoms with Crippen LogP contribution in [0.25, 0.3) is 0 Å². The average Bonchev–Trinajstić information content (AvgIpc) is 2.36. The maximum Gasteiger partial charge on any atom is 0.272 e. The van der Waals surface area contributed by atoms with Crippen molar-refractivity contribution >= 4 is 11.9 Å². The highest BCUT2D eigenvalue weighted by atomic mass is 16.2. The molecule has 0 aliphatic carbocycles. The van der Waals surface area contributed by atoms with Gasteiger partial charge in [0.15, 0.2) is 0 Å². The Bertz CT molecular complexity index is 481. The summed E-state index contributed by atoms with van der Waals surface area (Å²) in [7, 11) is 0. The van der Waals surface area contributed by atoms with Gasteiger partial charge in [0.1, 0.15) is 5.69 Å². The predicted octanol–water partition coefficient (Wildman–Crippen LogP) is 2.56. The van der Waals surface area contributed by atoms with Gasteiger partial charge < -0.3 is 10.2 Å². The number of likely N-dealkylation sites (tertiary alicyclic amines) is 1. The smallest absolute Gasteiger partial charge is 0.272 e. The SMILES string of the molecule is CC1CCCN(C(=O)c2ccnc(NC(C)(C)C)n2)C1. The molecule has 2 rings (SSSR count). The van der Waals surface area contributed by atoms with Gasteiger partial charge in [0, 0.05) is 24.8 Å². The van der Waals surface area contributed by atoms with Gasteiger partial charge in [-0.25, -0.2) is 9.97 Å². The molecule has 5 nitrogen and oxygen atoms in total. The summed E-state index contributed by atoms with van der Waals surface area (Å²) >= 11 is 0. The first-order chi connectivity index (χ1) is 9.35. The lowest BCUT2D eigenvalue weighted by molar-refractivity contribution is 0.0677. The average molecular weight is 276 g/mol. The minimum atomic E-state index is -0.124. The minimum absolute atomic E-state index is 0.0101. The first-order valence-electron chi connectivity index (χ1n) is 7.26. The van der Waals surface area contributed by atoms with Crippen LogP contribution in [-0.2, 0) is 0 Å². The van der Waals surface area contributed by atoms with Crippen molar-refractivity contribution in [1.82, 2.24) is 14.9 Å². The van der Waals surface area contributed by atoms with Crippen molar-refractivity contribution in [2.24, 2.45) is 5.92 Å². The molecule has 1 aromatic heterocycles. The van der Waals surface area contributed by atoms with E-state index in [1.54, 1.807) is 12.3 Å². The molecule has 0 spiro atoms. The second-order valence-electron chi connectivity index (χ2n) is 6.64. The van der Waals surface area contributed by atoms with E-state index in [0.29, 0.717) is 17.6 Å². The summed E-state index contributed by atoms with van der Waals surface area (Å²) in [6.07, 6.45) is 3.91. The topological polar surface area (TPSA) is 58.1 Å². The van der Waals surface area contributed by atoms with Crippen molar-refractivity contribution in [3.63, 3.8) is 0 Å². The molecule has 1 unspecified atom stereocenters. The van der Waals surface area contributed by atoms with Crippen LogP contribution < -0.4 is 5.32 Å². The van der Waals surface area contributed by atoms with Crippen LogP contribution >= 0.6 is 0 Å². The Morgan fingerprint density at radius 3 is 2.85 bits per heavy atom. The van der Waals surface area contributed by atoms with Crippen LogP contribution in [0.15, 0.2) is 12.3 Å². The molecule has 1 fully saturated rings. The summed E-state index contributed by atoms with van der Waals surface area (Å²) in [4.78, 5) is 22.9. The van der Waals surface area contributed by atoms with Gasteiger partial charge in [-0.2, -0.15) is 0 Å². The summed E-state index contributed by atoms with van der Waals surface area (Å²) < 4.78 is 0. The van der Waals surface area contributed by atoms with Crippen molar-refractivity contribution in [3.8, 4) is 0 Å². The van der Waals surface area contributed by atoms with Gasteiger partial charge in [0.05, 0.1) is 0 Å². The molecule has 1 amide bonds. The summed E-state index contributed by atoms with van der Waals surface area (Å²) in [6, 6.07) is 1.69. The van der Waals surface area contributed by atoms with Crippen LogP contribution in [0.3, 0.4) is 0 Å². The molecule has 0 aromatic carbocycles. The molecule has 5 heteroatoms. The highest BCUT2D eigenvalue weighted by Crippen LogP contribution is 2.18. The number of anilines is 1. The van der Waals surface area contributed by atoms with E-state index < -0.39 is 0 Å². The molecule has 1 atom stereocenters. The Morgan fingerprint density at radius 2 is 2.20 bits per heavy atom. The van der Waals surface area contributed by atoms with Crippen LogP contribution in [0.5, 0.6) is 0 Å². The zero-order valence-corrected chi connectivity index (χ0v) is 12.8. The van der Waals surface area contributed by atoms with E-state index >= 15 is 0 Å². The molecule has 0 saturated carbocycles. The Labute approximate surface area is 120 Å². The lowest BCUT2D eigenvalue weighted by Gasteiger charge is -2.30. The molecule has 1 aliphatic heterocycles. The van der Waals surface area contributed by atoms with E-state index in [2.05, 4.69) is 22.2 Å². The number of aromatic nitrogens is 2. The fraction of sp³-hybridized carbons (Fsp3) is 0.667. The maximum absolute atomic E-state index is 12.5. The number of piperidine rings is 1. The van der Waals surface area contributed by atoms with Crippen LogP contribution in [0, 0.1) is 5.92 Å². The standard InChI is InChI=1S/C15H24N4O/c1-11-6-5-9-19(10-11)13(20)12-7-8-16-14(17-12)18-15(2,3)4/h7-8,11H,5-6,9-10H2,1-4H3,(H,16,17,18). The van der Waals surface area contributed by atoms with Gasteiger partial charge in [-0.1, -0.05) is 6.92 Å². The highest BCUT2D eigenvalue weighted by Gasteiger charge is 2.23. The van der Waals surface area contributed by atoms with E-state index in [-0.39, 0.29) is 11.4 Å². The third kappa shape index (κ3) is 3.92. The summed E-state index contributed by atoms with van der Waals surface area (Å²) in [5.41, 5.74) is 0.349. The number of hydrogen-bond donors (Lipinski definition) is 1. The van der Waals surface area contributed by atoms with E-state index in [0.717, 1.165) is 19.5 Å². The summed E-state index contributed by atoms with van der Waals surface area (Å²) in [5, 5.41) is 3.20. The number of nitrogens with zero attached hydrogens (tertiary/aromatic N) is 3. The molecule has 1 saturated heterocycles. The Balaban J connectivity index is 2.12. The van der Waals surface area contributed by atoms with Crippen molar-refractivity contribution in [2.45, 2.75) is 46.1 Å². The Hall–Kier alpha value is -1.65. The number of carbonyl (C=O) groups excluding carboxylic acids is 1. The minimum Gasteiger partial charge on any atom is -0.350 e. The van der Waals surface area contributed by atoms with E-state index in [1.165, 1.54) is 6.42 Å². The molecule has 0 radical (unpaired) electrons. The first kappa shape index (κ1) is 14.8. The number of carbonyl (C=O) groups is 1. The third-order valence-corrected chi connectivity index (χ3v) is 3.31. The molecule has 110 valence electrons. The largest absolute Gasteiger partial charge is 0.350 e. The number of hydrogen-bond acceptors (Lipinski definition) is 4. The van der Waals surface area contributed by atoms with Crippen molar-refractivity contribution in [1.29, 1.82) is 0 Å². The fourth-order valence-corrected chi connectivity index (χ4v) is 2.41. The lowest BCUT2D eigenvalue weighted by Crippen LogP contribution is -2.39. The van der Waals surface area contributed by atoms with Gasteiger partial charge in [-0.15, -0.1) is 0 Å². The number of rotatable bonds is 2. The monoisotopic (exact) mass is 276 g/mol. The lowest BCUT2D eigenvalue weighted by atomic mass is 10.00. The normalized spacial score (nSPS) is 19.8. The number of nitrogens with one attached hydrogen (secondary N) is 1. The third-order valence-electron chi connectivity index (χ3n) is 3.31. The molecule has 2 heterocycles. The molecule has 1 N–H and O–H groups in total. The van der Waals surface area contributed by atoms with Crippen molar-refractivity contribution < 1.29 is 4.79 Å². The van der Waals surface area contributed by atoms with Crippen molar-refractivity contribution in [2.75, 3.05) is 18.4 Å². The molecule has 1 aromatic rings. The second kappa shape index (κ2) is 5.77. The zero-order chi connectivity index (χ0) is 14.8. The van der Waals surface area contributed by atoms with Crippen LogP contribution in [0.1, 0.15) is 51.0 Å². The van der Waals surface area contributed by atoms with Gasteiger partial charge in [-0.3, -0.25) is 4.79 Å². The Kier molecular flexibility index (Phi) is 4.26. The Morgan fingerprint density at radius 1 is 1.45 bits per heavy atom. The maximum atomic E-state index is 12.5. The second-order valence-corrected chi connectivity index (χ2v) is 6.64. The fourth-order valence-electron chi connectivity index (χ4n) is 2.41. The molecule has 20 heavy (non-hydrogen) atoms. The quantitative estimate of drug-likeness (QED) is 0.902. The number of amides is 1. The van der Waals surface area contributed by atoms with Gasteiger partial charge in [0.25, 0.3) is 5.91 Å². The molecular weight excluding hydrogens is 252 g/mol. The van der Waals surface area contributed by atoms with Gasteiger partial charge in [-0.05, 0) is 45.6 Å².